The average Bonchev–Trinajstić information content (AvgIpc) is 2.52. The molecule has 2 aromatic rings. The van der Waals surface area contributed by atoms with Crippen molar-refractivity contribution in [2.24, 2.45) is 0 Å². The number of ether oxygens (including phenoxy) is 2. The quantitative estimate of drug-likeness (QED) is 0.445. The van der Waals surface area contributed by atoms with Crippen LogP contribution in [0.3, 0.4) is 0 Å². The number of benzene rings is 1. The Morgan fingerprint density at radius 1 is 1.14 bits per heavy atom. The van der Waals surface area contributed by atoms with Gasteiger partial charge < -0.3 is 9.47 Å². The van der Waals surface area contributed by atoms with Crippen molar-refractivity contribution < 1.29 is 14.3 Å². The molecule has 0 unspecified atom stereocenters. The van der Waals surface area contributed by atoms with Gasteiger partial charge in [0.05, 0.1) is 17.8 Å². The molecule has 0 saturated carbocycles. The zero-order valence-electron chi connectivity index (χ0n) is 12.1. The van der Waals surface area contributed by atoms with E-state index in [-0.39, 0.29) is 5.97 Å². The van der Waals surface area contributed by atoms with Gasteiger partial charge in [0.15, 0.2) is 0 Å². The Bertz CT molecular complexity index is 622. The highest BCUT2D eigenvalue weighted by molar-refractivity contribution is 5.87. The Labute approximate surface area is 124 Å². The SMILES string of the molecule is COCCCCOC(=O)C=Cc1ccc2ccccc2n1. The third kappa shape index (κ3) is 5.00. The van der Waals surface area contributed by atoms with E-state index in [1.807, 2.05) is 36.4 Å². The third-order valence-corrected chi connectivity index (χ3v) is 3.00. The van der Waals surface area contributed by atoms with Crippen LogP contribution in [0, 0.1) is 0 Å². The summed E-state index contributed by atoms with van der Waals surface area (Å²) in [6.07, 6.45) is 4.78. The van der Waals surface area contributed by atoms with Gasteiger partial charge in [0.2, 0.25) is 0 Å². The lowest BCUT2D eigenvalue weighted by atomic mass is 10.2. The Balaban J connectivity index is 1.85. The number of pyridine rings is 1. The Hall–Kier alpha value is -2.20. The molecule has 0 saturated heterocycles. The number of fused-ring (bicyclic) bond motifs is 1. The second kappa shape index (κ2) is 8.17. The van der Waals surface area contributed by atoms with Gasteiger partial charge in [-0.2, -0.15) is 0 Å². The summed E-state index contributed by atoms with van der Waals surface area (Å²) < 4.78 is 10.0. The zero-order valence-corrected chi connectivity index (χ0v) is 12.1. The number of aromatic nitrogens is 1. The van der Waals surface area contributed by atoms with Gasteiger partial charge >= 0.3 is 5.97 Å². The van der Waals surface area contributed by atoms with Crippen LogP contribution in [-0.4, -0.2) is 31.3 Å². The Kier molecular flexibility index (Phi) is 5.91. The van der Waals surface area contributed by atoms with Crippen molar-refractivity contribution in [3.05, 3.63) is 48.2 Å². The average molecular weight is 285 g/mol. The number of nitrogens with zero attached hydrogens (tertiary/aromatic N) is 1. The molecule has 4 nitrogen and oxygen atoms in total. The summed E-state index contributed by atoms with van der Waals surface area (Å²) in [5.74, 6) is -0.345. The molecule has 1 aromatic carbocycles. The van der Waals surface area contributed by atoms with Gasteiger partial charge in [0, 0.05) is 25.2 Å². The highest BCUT2D eigenvalue weighted by Crippen LogP contribution is 2.12. The molecule has 0 amide bonds. The van der Waals surface area contributed by atoms with Crippen LogP contribution in [0.1, 0.15) is 18.5 Å². The highest BCUT2D eigenvalue weighted by Gasteiger charge is 1.98. The summed E-state index contributed by atoms with van der Waals surface area (Å²) in [5.41, 5.74) is 1.65. The first-order valence-corrected chi connectivity index (χ1v) is 6.99. The van der Waals surface area contributed by atoms with Crippen LogP contribution in [0.15, 0.2) is 42.5 Å². The number of hydrogen-bond acceptors (Lipinski definition) is 4. The molecule has 0 bridgehead atoms. The van der Waals surface area contributed by atoms with Crippen molar-refractivity contribution in [2.75, 3.05) is 20.3 Å². The first-order chi connectivity index (χ1) is 10.3. The van der Waals surface area contributed by atoms with Gasteiger partial charge in [-0.15, -0.1) is 0 Å². The summed E-state index contributed by atoms with van der Waals surface area (Å²) >= 11 is 0. The lowest BCUT2D eigenvalue weighted by Gasteiger charge is -2.01. The van der Waals surface area contributed by atoms with Crippen LogP contribution >= 0.6 is 0 Å². The second-order valence-electron chi connectivity index (χ2n) is 4.63. The van der Waals surface area contributed by atoms with E-state index >= 15 is 0 Å². The van der Waals surface area contributed by atoms with Gasteiger partial charge in [-0.05, 0) is 31.1 Å². The predicted molar refractivity (Wildman–Crippen MR) is 82.8 cm³/mol. The van der Waals surface area contributed by atoms with E-state index in [0.717, 1.165) is 29.4 Å². The fourth-order valence-electron chi connectivity index (χ4n) is 1.90. The van der Waals surface area contributed by atoms with E-state index in [0.29, 0.717) is 13.2 Å². The number of carbonyl (C=O) groups is 1. The summed E-state index contributed by atoms with van der Waals surface area (Å²) in [5, 5.41) is 1.08. The van der Waals surface area contributed by atoms with Gasteiger partial charge in [-0.1, -0.05) is 24.3 Å². The van der Waals surface area contributed by atoms with Crippen LogP contribution < -0.4 is 0 Å². The molecule has 1 heterocycles. The van der Waals surface area contributed by atoms with Crippen LogP contribution in [0.5, 0.6) is 0 Å². The summed E-state index contributed by atoms with van der Waals surface area (Å²) in [6.45, 7) is 1.10. The molecule has 0 spiro atoms. The van der Waals surface area contributed by atoms with E-state index in [1.54, 1.807) is 13.2 Å². The molecule has 4 heteroatoms. The molecular weight excluding hydrogens is 266 g/mol. The fraction of sp³-hybridized carbons (Fsp3) is 0.294. The molecule has 0 radical (unpaired) electrons. The third-order valence-electron chi connectivity index (χ3n) is 3.00. The summed E-state index contributed by atoms with van der Waals surface area (Å²) in [6, 6.07) is 11.7. The van der Waals surface area contributed by atoms with E-state index in [1.165, 1.54) is 6.08 Å². The maximum atomic E-state index is 11.5. The van der Waals surface area contributed by atoms with Crippen molar-refractivity contribution in [3.63, 3.8) is 0 Å². The van der Waals surface area contributed by atoms with Crippen molar-refractivity contribution in [3.8, 4) is 0 Å². The number of methoxy groups -OCH3 is 1. The van der Waals surface area contributed by atoms with Gasteiger partial charge in [0.1, 0.15) is 0 Å². The largest absolute Gasteiger partial charge is 0.463 e. The normalized spacial score (nSPS) is 11.1. The number of carbonyl (C=O) groups excluding carboxylic acids is 1. The van der Waals surface area contributed by atoms with Crippen molar-refractivity contribution >= 4 is 22.9 Å². The lowest BCUT2D eigenvalue weighted by Crippen LogP contribution is -2.03. The van der Waals surface area contributed by atoms with Crippen molar-refractivity contribution in [1.82, 2.24) is 4.98 Å². The smallest absolute Gasteiger partial charge is 0.330 e. The van der Waals surface area contributed by atoms with E-state index in [4.69, 9.17) is 9.47 Å². The Morgan fingerprint density at radius 3 is 2.81 bits per heavy atom. The second-order valence-corrected chi connectivity index (χ2v) is 4.63. The fourth-order valence-corrected chi connectivity index (χ4v) is 1.90. The topological polar surface area (TPSA) is 48.4 Å². The minimum absolute atomic E-state index is 0.345. The number of hydrogen-bond donors (Lipinski definition) is 0. The van der Waals surface area contributed by atoms with Gasteiger partial charge in [-0.25, -0.2) is 9.78 Å². The first-order valence-electron chi connectivity index (χ1n) is 6.99. The summed E-state index contributed by atoms with van der Waals surface area (Å²) in [7, 11) is 1.66. The Morgan fingerprint density at radius 2 is 1.95 bits per heavy atom. The molecular formula is C17H19NO3. The molecule has 0 N–H and O–H groups in total. The number of unbranched alkanes of at least 4 members (excludes halogenated alkanes) is 1. The van der Waals surface area contributed by atoms with Crippen LogP contribution in [0.4, 0.5) is 0 Å². The monoisotopic (exact) mass is 285 g/mol. The predicted octanol–water partition coefficient (Wildman–Crippen LogP) is 3.22. The number of rotatable bonds is 7. The molecule has 0 atom stereocenters. The van der Waals surface area contributed by atoms with Gasteiger partial charge in [-0.3, -0.25) is 0 Å². The van der Waals surface area contributed by atoms with Crippen LogP contribution in [-0.2, 0) is 14.3 Å². The maximum absolute atomic E-state index is 11.5. The molecule has 1 aromatic heterocycles. The molecule has 0 aliphatic carbocycles. The standard InChI is InChI=1S/C17H19NO3/c1-20-12-4-5-13-21-17(19)11-10-15-9-8-14-6-2-3-7-16(14)18-15/h2-3,6-11H,4-5,12-13H2,1H3. The van der Waals surface area contributed by atoms with Gasteiger partial charge in [0.25, 0.3) is 0 Å². The van der Waals surface area contributed by atoms with Crippen LogP contribution in [0.2, 0.25) is 0 Å². The molecule has 0 aliphatic rings. The lowest BCUT2D eigenvalue weighted by molar-refractivity contribution is -0.137. The molecule has 0 aliphatic heterocycles. The number of esters is 1. The molecule has 0 fully saturated rings. The van der Waals surface area contributed by atoms with Crippen molar-refractivity contribution in [2.45, 2.75) is 12.8 Å². The first kappa shape index (κ1) is 15.2. The molecule has 21 heavy (non-hydrogen) atoms. The minimum Gasteiger partial charge on any atom is -0.463 e. The maximum Gasteiger partial charge on any atom is 0.330 e. The minimum atomic E-state index is -0.345. The highest BCUT2D eigenvalue weighted by atomic mass is 16.5. The summed E-state index contributed by atoms with van der Waals surface area (Å²) in [4.78, 5) is 16.0. The van der Waals surface area contributed by atoms with E-state index in [9.17, 15) is 4.79 Å². The molecule has 110 valence electrons. The molecule has 2 rings (SSSR count). The van der Waals surface area contributed by atoms with E-state index < -0.39 is 0 Å². The van der Waals surface area contributed by atoms with Crippen LogP contribution in [0.25, 0.3) is 17.0 Å². The van der Waals surface area contributed by atoms with E-state index in [2.05, 4.69) is 4.98 Å². The number of para-hydroxylation sites is 1. The zero-order chi connectivity index (χ0) is 14.9. The van der Waals surface area contributed by atoms with Crippen molar-refractivity contribution in [1.29, 1.82) is 0 Å².